The van der Waals surface area contributed by atoms with Crippen molar-refractivity contribution in [2.75, 3.05) is 18.8 Å². The summed E-state index contributed by atoms with van der Waals surface area (Å²) in [6.07, 6.45) is 3.35. The van der Waals surface area contributed by atoms with E-state index in [1.165, 1.54) is 0 Å². The van der Waals surface area contributed by atoms with Crippen LogP contribution in [0.25, 0.3) is 0 Å². The van der Waals surface area contributed by atoms with E-state index < -0.39 is 22.5 Å². The Morgan fingerprint density at radius 1 is 1.50 bits per heavy atom. The quantitative estimate of drug-likeness (QED) is 0.490. The third-order valence-electron chi connectivity index (χ3n) is 1.99. The molecule has 0 fully saturated rings. The first-order valence-corrected chi connectivity index (χ1v) is 6.85. The Labute approximate surface area is 96.8 Å². The number of carboxylic acid groups (broad SMARTS) is 1. The highest BCUT2D eigenvalue weighted by atomic mass is 32.2. The van der Waals surface area contributed by atoms with Crippen molar-refractivity contribution in [1.29, 1.82) is 0 Å². The van der Waals surface area contributed by atoms with Crippen molar-refractivity contribution in [2.45, 2.75) is 26.2 Å². The van der Waals surface area contributed by atoms with Gasteiger partial charge in [0.2, 0.25) is 10.0 Å². The predicted molar refractivity (Wildman–Crippen MR) is 62.7 cm³/mol. The molecule has 0 amide bonds. The van der Waals surface area contributed by atoms with Crippen LogP contribution >= 0.6 is 0 Å². The van der Waals surface area contributed by atoms with Gasteiger partial charge in [-0.05, 0) is 19.3 Å². The monoisotopic (exact) mass is 249 g/mol. The molecule has 6 heteroatoms. The van der Waals surface area contributed by atoms with Gasteiger partial charge in [0.1, 0.15) is 6.54 Å². The largest absolute Gasteiger partial charge is 0.480 e. The summed E-state index contributed by atoms with van der Waals surface area (Å²) in [5, 5.41) is 8.62. The van der Waals surface area contributed by atoms with Crippen LogP contribution in [0.4, 0.5) is 0 Å². The van der Waals surface area contributed by atoms with Crippen LogP contribution in [0, 0.1) is 0 Å². The van der Waals surface area contributed by atoms with Gasteiger partial charge in [-0.2, -0.15) is 4.31 Å². The molecule has 16 heavy (non-hydrogen) atoms. The molecule has 0 aliphatic carbocycles. The van der Waals surface area contributed by atoms with Gasteiger partial charge in [0.05, 0.1) is 5.75 Å². The van der Waals surface area contributed by atoms with E-state index >= 15 is 0 Å². The average molecular weight is 249 g/mol. The van der Waals surface area contributed by atoms with Gasteiger partial charge < -0.3 is 5.11 Å². The van der Waals surface area contributed by atoms with E-state index in [1.54, 1.807) is 6.08 Å². The number of allylic oxidation sites excluding steroid dienone is 1. The van der Waals surface area contributed by atoms with E-state index in [4.69, 9.17) is 5.11 Å². The lowest BCUT2D eigenvalue weighted by atomic mass is 10.3. The van der Waals surface area contributed by atoms with Crippen LogP contribution in [0.5, 0.6) is 0 Å². The maximum absolute atomic E-state index is 11.8. The summed E-state index contributed by atoms with van der Waals surface area (Å²) < 4.78 is 24.5. The van der Waals surface area contributed by atoms with Gasteiger partial charge in [-0.3, -0.25) is 4.79 Å². The number of hydrogen-bond acceptors (Lipinski definition) is 3. The van der Waals surface area contributed by atoms with Crippen LogP contribution in [0.15, 0.2) is 12.7 Å². The molecule has 0 unspecified atom stereocenters. The highest BCUT2D eigenvalue weighted by molar-refractivity contribution is 7.89. The zero-order valence-corrected chi connectivity index (χ0v) is 10.4. The number of unbranched alkanes of at least 4 members (excludes halogenated alkanes) is 1. The predicted octanol–water partition coefficient (Wildman–Crippen LogP) is 1.08. The van der Waals surface area contributed by atoms with E-state index in [2.05, 4.69) is 6.58 Å². The van der Waals surface area contributed by atoms with Crippen molar-refractivity contribution in [3.63, 3.8) is 0 Å². The molecule has 0 rings (SSSR count). The minimum atomic E-state index is -3.45. The summed E-state index contributed by atoms with van der Waals surface area (Å²) in [4.78, 5) is 10.5. The SMILES string of the molecule is C=CCCCS(=O)(=O)N(CCC)CC(=O)O. The third kappa shape index (κ3) is 5.87. The van der Waals surface area contributed by atoms with E-state index in [0.29, 0.717) is 19.3 Å². The minimum Gasteiger partial charge on any atom is -0.480 e. The number of nitrogens with zero attached hydrogens (tertiary/aromatic N) is 1. The van der Waals surface area contributed by atoms with E-state index in [9.17, 15) is 13.2 Å². The molecule has 0 spiro atoms. The smallest absolute Gasteiger partial charge is 0.318 e. The van der Waals surface area contributed by atoms with Crippen LogP contribution in [0.2, 0.25) is 0 Å². The number of rotatable bonds is 9. The van der Waals surface area contributed by atoms with E-state index in [-0.39, 0.29) is 12.3 Å². The van der Waals surface area contributed by atoms with Crippen LogP contribution in [-0.4, -0.2) is 42.6 Å². The van der Waals surface area contributed by atoms with Crippen LogP contribution < -0.4 is 0 Å². The molecule has 0 heterocycles. The van der Waals surface area contributed by atoms with Crippen molar-refractivity contribution in [3.05, 3.63) is 12.7 Å². The summed E-state index contributed by atoms with van der Waals surface area (Å²) in [6.45, 7) is 5.12. The molecule has 0 bridgehead atoms. The molecule has 0 aromatic carbocycles. The van der Waals surface area contributed by atoms with Gasteiger partial charge >= 0.3 is 5.97 Å². The van der Waals surface area contributed by atoms with Crippen LogP contribution in [-0.2, 0) is 14.8 Å². The molecule has 0 atom stereocenters. The fourth-order valence-electron chi connectivity index (χ4n) is 1.26. The Balaban J connectivity index is 4.48. The Bertz CT molecular complexity index is 324. The maximum Gasteiger partial charge on any atom is 0.318 e. The molecular formula is C10H19NO4S. The molecule has 0 saturated carbocycles. The number of carbonyl (C=O) groups is 1. The Hall–Kier alpha value is -0.880. The zero-order valence-electron chi connectivity index (χ0n) is 9.55. The van der Waals surface area contributed by atoms with Crippen molar-refractivity contribution in [2.24, 2.45) is 0 Å². The second-order valence-corrected chi connectivity index (χ2v) is 5.56. The first-order chi connectivity index (χ1) is 7.44. The number of carboxylic acids is 1. The molecule has 0 aromatic heterocycles. The molecule has 5 nitrogen and oxygen atoms in total. The zero-order chi connectivity index (χ0) is 12.6. The Morgan fingerprint density at radius 2 is 2.12 bits per heavy atom. The summed E-state index contributed by atoms with van der Waals surface area (Å²) in [6, 6.07) is 0. The highest BCUT2D eigenvalue weighted by Crippen LogP contribution is 2.06. The Morgan fingerprint density at radius 3 is 2.56 bits per heavy atom. The fraction of sp³-hybridized carbons (Fsp3) is 0.700. The third-order valence-corrected chi connectivity index (χ3v) is 3.89. The summed E-state index contributed by atoms with van der Waals surface area (Å²) in [5.74, 6) is -1.15. The number of hydrogen-bond donors (Lipinski definition) is 1. The first kappa shape index (κ1) is 15.1. The summed E-state index contributed by atoms with van der Waals surface area (Å²) in [5.41, 5.74) is 0. The normalized spacial score (nSPS) is 11.6. The van der Waals surface area contributed by atoms with Gasteiger partial charge in [0.15, 0.2) is 0 Å². The lowest BCUT2D eigenvalue weighted by Gasteiger charge is -2.19. The van der Waals surface area contributed by atoms with Gasteiger partial charge in [-0.25, -0.2) is 8.42 Å². The molecule has 0 radical (unpaired) electrons. The van der Waals surface area contributed by atoms with Crippen molar-refractivity contribution < 1.29 is 18.3 Å². The van der Waals surface area contributed by atoms with Crippen molar-refractivity contribution >= 4 is 16.0 Å². The second-order valence-electron chi connectivity index (χ2n) is 3.47. The molecular weight excluding hydrogens is 230 g/mol. The van der Waals surface area contributed by atoms with Gasteiger partial charge in [-0.1, -0.05) is 13.0 Å². The highest BCUT2D eigenvalue weighted by Gasteiger charge is 2.22. The van der Waals surface area contributed by atoms with E-state index in [1.807, 2.05) is 6.92 Å². The number of aliphatic carboxylic acids is 1. The molecule has 94 valence electrons. The number of sulfonamides is 1. The maximum atomic E-state index is 11.8. The average Bonchev–Trinajstić information content (AvgIpc) is 2.16. The summed E-state index contributed by atoms with van der Waals surface area (Å²) >= 11 is 0. The standard InChI is InChI=1S/C10H19NO4S/c1-3-5-6-8-16(14,15)11(7-4-2)9-10(12)13/h3H,1,4-9H2,2H3,(H,12,13). The minimum absolute atomic E-state index is 0.0215. The van der Waals surface area contributed by atoms with Gasteiger partial charge in [0.25, 0.3) is 0 Å². The van der Waals surface area contributed by atoms with Crippen LogP contribution in [0.3, 0.4) is 0 Å². The van der Waals surface area contributed by atoms with E-state index in [0.717, 1.165) is 4.31 Å². The van der Waals surface area contributed by atoms with Crippen molar-refractivity contribution in [3.8, 4) is 0 Å². The molecule has 0 aromatic rings. The van der Waals surface area contributed by atoms with Crippen molar-refractivity contribution in [1.82, 2.24) is 4.31 Å². The van der Waals surface area contributed by atoms with Crippen LogP contribution in [0.1, 0.15) is 26.2 Å². The first-order valence-electron chi connectivity index (χ1n) is 5.24. The topological polar surface area (TPSA) is 74.7 Å². The molecule has 0 aliphatic heterocycles. The lowest BCUT2D eigenvalue weighted by Crippen LogP contribution is -2.37. The van der Waals surface area contributed by atoms with Gasteiger partial charge in [-0.15, -0.1) is 6.58 Å². The Kier molecular flexibility index (Phi) is 7.00. The molecule has 1 N–H and O–H groups in total. The fourth-order valence-corrected chi connectivity index (χ4v) is 2.81. The molecule has 0 saturated heterocycles. The van der Waals surface area contributed by atoms with Gasteiger partial charge in [0, 0.05) is 6.54 Å². The lowest BCUT2D eigenvalue weighted by molar-refractivity contribution is -0.137. The summed E-state index contributed by atoms with van der Waals surface area (Å²) in [7, 11) is -3.45. The second kappa shape index (κ2) is 7.40. The molecule has 0 aliphatic rings.